The van der Waals surface area contributed by atoms with Crippen LogP contribution in [0.4, 0.5) is 0 Å². The molecule has 0 aromatic carbocycles. The van der Waals surface area contributed by atoms with E-state index in [1.54, 1.807) is 12.4 Å². The zero-order valence-corrected chi connectivity index (χ0v) is 30.3. The molecule has 0 aliphatic carbocycles. The van der Waals surface area contributed by atoms with Crippen LogP contribution in [-0.4, -0.2) is 54.3 Å². The molecule has 49 heavy (non-hydrogen) atoms. The van der Waals surface area contributed by atoms with Gasteiger partial charge in [-0.1, -0.05) is 39.5 Å². The first-order valence-corrected chi connectivity index (χ1v) is 15.8. The van der Waals surface area contributed by atoms with Gasteiger partial charge in [0.1, 0.15) is 11.5 Å². The summed E-state index contributed by atoms with van der Waals surface area (Å²) in [5.41, 5.74) is 2.39. The second-order valence-corrected chi connectivity index (χ2v) is 11.1. The first-order chi connectivity index (χ1) is 22.2. The fourth-order valence-electron chi connectivity index (χ4n) is 4.60. The monoisotopic (exact) mass is 762 g/mol. The van der Waals surface area contributed by atoms with E-state index in [0.717, 1.165) is 35.7 Å². The zero-order valence-electron chi connectivity index (χ0n) is 28.6. The minimum atomic E-state index is -1.08. The van der Waals surface area contributed by atoms with Crippen LogP contribution in [0.15, 0.2) is 73.3 Å². The topological polar surface area (TPSA) is 212 Å². The minimum Gasteiger partial charge on any atom is -0.693 e. The van der Waals surface area contributed by atoms with Crippen molar-refractivity contribution >= 4 is 11.9 Å². The average Bonchev–Trinajstić information content (AvgIpc) is 3.05. The van der Waals surface area contributed by atoms with Crippen molar-refractivity contribution in [3.05, 3.63) is 96.7 Å². The first-order valence-electron chi connectivity index (χ1n) is 15.8. The Morgan fingerprint density at radius 3 is 1.24 bits per heavy atom. The van der Waals surface area contributed by atoms with E-state index in [1.807, 2.05) is 24.3 Å². The molecule has 6 N–H and O–H groups in total. The maximum absolute atomic E-state index is 10.8. The Morgan fingerprint density at radius 1 is 0.592 bits per heavy atom. The second kappa shape index (κ2) is 23.9. The van der Waals surface area contributed by atoms with Gasteiger partial charge in [0, 0.05) is 36.9 Å². The number of rotatable bonds is 16. The molecule has 13 heteroatoms. The molecule has 0 aliphatic heterocycles. The number of hydrogen-bond acceptors (Lipinski definition) is 8. The number of nitrogens with two attached hydrogens (primary N) is 2. The van der Waals surface area contributed by atoms with E-state index in [9.17, 15) is 9.59 Å². The third-order valence-corrected chi connectivity index (χ3v) is 7.10. The summed E-state index contributed by atoms with van der Waals surface area (Å²) in [7, 11) is 0. The van der Waals surface area contributed by atoms with Gasteiger partial charge in [0.25, 0.3) is 0 Å². The number of nitrogens with zero attached hydrogens (tertiary/aromatic N) is 4. The number of pyridine rings is 4. The Labute approximate surface area is 302 Å². The summed E-state index contributed by atoms with van der Waals surface area (Å²) in [6, 6.07) is 13.2. The van der Waals surface area contributed by atoms with Crippen molar-refractivity contribution in [1.29, 1.82) is 0 Å². The van der Waals surface area contributed by atoms with Crippen molar-refractivity contribution in [2.45, 2.75) is 91.3 Å². The van der Waals surface area contributed by atoms with E-state index in [0.29, 0.717) is 11.4 Å². The summed E-state index contributed by atoms with van der Waals surface area (Å²) in [4.78, 5) is 38.5. The Morgan fingerprint density at radius 2 is 0.918 bits per heavy atom. The van der Waals surface area contributed by atoms with E-state index in [4.69, 9.17) is 19.7 Å². The van der Waals surface area contributed by atoms with E-state index >= 15 is 0 Å². The van der Waals surface area contributed by atoms with Crippen LogP contribution >= 0.6 is 0 Å². The number of unbranched alkanes of at least 4 members (excludes halogenated alkanes) is 4. The van der Waals surface area contributed by atoms with Crippen molar-refractivity contribution in [2.75, 3.05) is 0 Å². The predicted octanol–water partition coefficient (Wildman–Crippen LogP) is 9.81. The minimum absolute atomic E-state index is 0. The van der Waals surface area contributed by atoms with Crippen molar-refractivity contribution in [3.63, 3.8) is 0 Å². The number of aromatic nitrogens is 4. The first kappa shape index (κ1) is 44.7. The number of carboxylic acids is 2. The fraction of sp³-hybridized carbons (Fsp3) is 0.389. The summed E-state index contributed by atoms with van der Waals surface area (Å²) >= 11 is 0. The molecule has 0 saturated carbocycles. The number of aromatic carboxylic acids is 2. The summed E-state index contributed by atoms with van der Waals surface area (Å²) in [6.45, 7) is 8.69. The largest absolute Gasteiger partial charge is 2.00 e. The summed E-state index contributed by atoms with van der Waals surface area (Å²) < 4.78 is 12.1. The van der Waals surface area contributed by atoms with Gasteiger partial charge in [0.15, 0.2) is 0 Å². The van der Waals surface area contributed by atoms with Gasteiger partial charge in [-0.05, 0) is 75.9 Å². The van der Waals surface area contributed by atoms with Crippen molar-refractivity contribution in [2.24, 2.45) is 0 Å². The van der Waals surface area contributed by atoms with Crippen LogP contribution in [0.3, 0.4) is 0 Å². The summed E-state index contributed by atoms with van der Waals surface area (Å²) in [6.07, 6.45) is 16.2. The molecule has 4 heterocycles. The van der Waals surface area contributed by atoms with Gasteiger partial charge < -0.3 is 32.0 Å². The maximum Gasteiger partial charge on any atom is 2.00 e. The molecule has 0 saturated heterocycles. The van der Waals surface area contributed by atoms with Crippen molar-refractivity contribution < 1.29 is 48.8 Å². The van der Waals surface area contributed by atoms with Crippen LogP contribution in [0.2, 0.25) is 0 Å². The van der Waals surface area contributed by atoms with Crippen LogP contribution in [0, 0.1) is 0 Å². The molecule has 0 bridgehead atoms. The van der Waals surface area contributed by atoms with Crippen LogP contribution in [0.5, 0.6) is 11.5 Å². The number of ether oxygens (including phenoxy) is 2. The molecule has 266 valence electrons. The number of hydrogen-bond donors (Lipinski definition) is 2. The number of carbonyl (C=O) groups is 2. The van der Waals surface area contributed by atoms with Gasteiger partial charge in [-0.3, -0.25) is 19.9 Å². The molecule has 2 unspecified atom stereocenters. The molecule has 2 atom stereocenters. The van der Waals surface area contributed by atoms with E-state index in [2.05, 4.69) is 47.6 Å². The van der Waals surface area contributed by atoms with Crippen molar-refractivity contribution in [3.8, 4) is 34.3 Å². The molecule has 0 amide bonds. The standard InChI is InChI=1S/C24H36N2O2.C12H8N2O4.2H2N.Ru/c1-5-7-9-11-19(3)27-21-13-15-25-23(17-21)24-18-22(14-16-26-24)28-20(4)12-10-8-6-2;15-11(16)7-1-3-13-9(5-7)10-6-8(12(17)18)2-4-14-10;;;/h13-20H,5-12H2,1-4H3;1-6H,(H,15,16)(H,17,18);2*1H2;/q;;2*-1;+2. The quantitative estimate of drug-likeness (QED) is 0.0814. The van der Waals surface area contributed by atoms with E-state index < -0.39 is 11.9 Å². The normalized spacial score (nSPS) is 11.2. The molecule has 4 aromatic rings. The summed E-state index contributed by atoms with van der Waals surface area (Å²) in [5.74, 6) is -0.466. The molecule has 0 radical (unpaired) electrons. The van der Waals surface area contributed by atoms with Gasteiger partial charge in [0.2, 0.25) is 0 Å². The Balaban J connectivity index is 0.000000957. The molecule has 0 fully saturated rings. The van der Waals surface area contributed by atoms with Gasteiger partial charge in [0.05, 0.1) is 46.1 Å². The van der Waals surface area contributed by atoms with Crippen LogP contribution in [0.1, 0.15) is 99.8 Å². The van der Waals surface area contributed by atoms with Crippen LogP contribution in [0.25, 0.3) is 35.1 Å². The Hall–Kier alpha value is -4.32. The van der Waals surface area contributed by atoms with Gasteiger partial charge in [-0.15, -0.1) is 0 Å². The average molecular weight is 762 g/mol. The second-order valence-electron chi connectivity index (χ2n) is 11.1. The van der Waals surface area contributed by atoms with Crippen LogP contribution in [-0.2, 0) is 19.5 Å². The Bertz CT molecular complexity index is 1440. The molecular weight excluding hydrogens is 714 g/mol. The van der Waals surface area contributed by atoms with Crippen molar-refractivity contribution in [1.82, 2.24) is 19.9 Å². The number of carboxylic acid groups (broad SMARTS) is 2. The fourth-order valence-corrected chi connectivity index (χ4v) is 4.60. The third kappa shape index (κ3) is 15.6. The third-order valence-electron chi connectivity index (χ3n) is 7.10. The van der Waals surface area contributed by atoms with Gasteiger partial charge in [-0.2, -0.15) is 0 Å². The molecule has 4 aromatic heterocycles. The van der Waals surface area contributed by atoms with E-state index in [-0.39, 0.29) is 55.1 Å². The molecule has 0 aliphatic rings. The molecule has 12 nitrogen and oxygen atoms in total. The maximum atomic E-state index is 10.8. The Kier molecular flexibility index (Phi) is 21.8. The molecule has 0 spiro atoms. The van der Waals surface area contributed by atoms with E-state index in [1.165, 1.54) is 75.2 Å². The van der Waals surface area contributed by atoms with Gasteiger partial charge >= 0.3 is 31.4 Å². The summed E-state index contributed by atoms with van der Waals surface area (Å²) in [5, 5.41) is 17.7. The molecular formula is C36H48N6O6Ru. The SMILES string of the molecule is CCCCCC(C)Oc1ccnc(-c2cc(OC(C)CCCCC)ccn2)c1.O=C(O)c1ccnc(-c2cc(C(=O)O)ccn2)c1.[NH2-].[NH2-].[Ru+2]. The smallest absolute Gasteiger partial charge is 0.693 e. The zero-order chi connectivity index (χ0) is 33.3. The predicted molar refractivity (Wildman–Crippen MR) is 188 cm³/mol. The van der Waals surface area contributed by atoms with Gasteiger partial charge in [-0.25, -0.2) is 9.59 Å². The van der Waals surface area contributed by atoms with Crippen LogP contribution < -0.4 is 9.47 Å². The molecule has 4 rings (SSSR count).